The van der Waals surface area contributed by atoms with E-state index >= 15 is 0 Å². The Bertz CT molecular complexity index is 1490. The molecule has 2 aliphatic heterocycles. The number of amides is 4. The molecule has 3 aliphatic rings. The third kappa shape index (κ3) is 7.98. The maximum Gasteiger partial charge on any atom is 0.471 e. The number of likely N-dealkylation sites (tertiary alicyclic amines) is 1. The summed E-state index contributed by atoms with van der Waals surface area (Å²) in [6.07, 6.45) is -2.99. The Hall–Kier alpha value is -4.14. The lowest BCUT2D eigenvalue weighted by molar-refractivity contribution is -0.186. The topological polar surface area (TPSA) is 129 Å². The Balaban J connectivity index is 1.07. The van der Waals surface area contributed by atoms with Crippen molar-refractivity contribution in [3.8, 4) is 5.69 Å². The van der Waals surface area contributed by atoms with Crippen LogP contribution in [0.3, 0.4) is 0 Å². The van der Waals surface area contributed by atoms with Crippen LogP contribution >= 0.6 is 0 Å². The summed E-state index contributed by atoms with van der Waals surface area (Å²) in [7, 11) is 0. The third-order valence-corrected chi connectivity index (χ3v) is 8.78. The zero-order valence-corrected chi connectivity index (χ0v) is 26.3. The van der Waals surface area contributed by atoms with Crippen molar-refractivity contribution in [2.75, 3.05) is 51.1 Å². The van der Waals surface area contributed by atoms with Gasteiger partial charge in [-0.25, -0.2) is 14.4 Å². The monoisotopic (exact) mass is 647 g/mol. The van der Waals surface area contributed by atoms with Crippen LogP contribution in [-0.4, -0.2) is 106 Å². The number of benzene rings is 1. The molecule has 3 atom stereocenters. The number of nitrogens with zero attached hydrogens (tertiary/aromatic N) is 5. The Morgan fingerprint density at radius 1 is 0.978 bits per heavy atom. The molecule has 1 saturated carbocycles. The van der Waals surface area contributed by atoms with Crippen LogP contribution in [0.25, 0.3) is 5.69 Å². The number of alkyl carbamates (subject to hydrolysis) is 1. The van der Waals surface area contributed by atoms with Crippen molar-refractivity contribution in [3.63, 3.8) is 0 Å². The van der Waals surface area contributed by atoms with Crippen LogP contribution in [-0.2, 0) is 16.0 Å². The average molecular weight is 648 g/mol. The van der Waals surface area contributed by atoms with E-state index < -0.39 is 29.4 Å². The molecule has 5 rings (SSSR count). The van der Waals surface area contributed by atoms with Crippen molar-refractivity contribution in [3.05, 3.63) is 52.6 Å². The molecule has 12 nitrogen and oxygen atoms in total. The van der Waals surface area contributed by atoms with Gasteiger partial charge in [-0.3, -0.25) is 19.6 Å². The highest BCUT2D eigenvalue weighted by molar-refractivity contribution is 5.88. The lowest BCUT2D eigenvalue weighted by Gasteiger charge is -2.34. The SMILES string of the molecule is CC(Cc1ccc(-n2ccc(NC(=O)N3CCN(C(=O)C(F)(F)F)CC3)nc2=O)cc1)N1CC2C(CNC(=O)OC(C)(C)C)C2C1. The van der Waals surface area contributed by atoms with Crippen molar-refractivity contribution < 1.29 is 32.3 Å². The number of urea groups is 1. The second kappa shape index (κ2) is 12.9. The fourth-order valence-electron chi connectivity index (χ4n) is 6.27. The fraction of sp³-hybridized carbons (Fsp3) is 0.581. The van der Waals surface area contributed by atoms with Crippen molar-refractivity contribution in [2.24, 2.45) is 17.8 Å². The standard InChI is InChI=1S/C31H40F3N7O5/c1-19(40-17-23-22(24(23)18-40)16-35-29(45)46-30(2,3)4)15-20-5-7-21(8-6-20)41-10-9-25(37-28(41)44)36-27(43)39-13-11-38(12-14-39)26(42)31(32,33)34/h5-10,19,22-24H,11-18H2,1-4H3,(H,35,45)(H,36,37,43,44). The number of alkyl halides is 3. The number of ether oxygens (including phenoxy) is 1. The summed E-state index contributed by atoms with van der Waals surface area (Å²) in [5, 5.41) is 5.40. The van der Waals surface area contributed by atoms with Crippen molar-refractivity contribution in [1.29, 1.82) is 0 Å². The van der Waals surface area contributed by atoms with Crippen LogP contribution < -0.4 is 16.3 Å². The van der Waals surface area contributed by atoms with Gasteiger partial charge in [0.1, 0.15) is 11.4 Å². The first-order chi connectivity index (χ1) is 21.6. The van der Waals surface area contributed by atoms with Crippen LogP contribution in [0.5, 0.6) is 0 Å². The summed E-state index contributed by atoms with van der Waals surface area (Å²) in [6.45, 7) is 9.74. The lowest BCUT2D eigenvalue weighted by Crippen LogP contribution is -2.54. The fourth-order valence-corrected chi connectivity index (χ4v) is 6.27. The zero-order valence-electron chi connectivity index (χ0n) is 26.3. The number of anilines is 1. The molecule has 0 bridgehead atoms. The Morgan fingerprint density at radius 3 is 2.15 bits per heavy atom. The van der Waals surface area contributed by atoms with Gasteiger partial charge in [-0.05, 0) is 75.6 Å². The van der Waals surface area contributed by atoms with E-state index in [2.05, 4.69) is 27.4 Å². The normalized spacial score (nSPS) is 22.2. The van der Waals surface area contributed by atoms with Gasteiger partial charge >= 0.3 is 29.9 Å². The van der Waals surface area contributed by atoms with E-state index in [0.29, 0.717) is 40.9 Å². The molecule has 2 aromatic rings. The van der Waals surface area contributed by atoms with Gasteiger partial charge < -0.3 is 19.9 Å². The molecule has 0 radical (unpaired) electrons. The summed E-state index contributed by atoms with van der Waals surface area (Å²) in [5.41, 5.74) is 0.622. The molecule has 3 heterocycles. The predicted octanol–water partition coefficient (Wildman–Crippen LogP) is 3.10. The molecular formula is C31H40F3N7O5. The zero-order chi connectivity index (χ0) is 33.4. The Labute approximate surface area is 264 Å². The van der Waals surface area contributed by atoms with E-state index in [0.717, 1.165) is 25.1 Å². The number of rotatable bonds is 7. The van der Waals surface area contributed by atoms with E-state index in [4.69, 9.17) is 4.74 Å². The number of hydrogen-bond donors (Lipinski definition) is 2. The Morgan fingerprint density at radius 2 is 1.59 bits per heavy atom. The minimum atomic E-state index is -4.96. The van der Waals surface area contributed by atoms with E-state index in [-0.39, 0.29) is 38.1 Å². The van der Waals surface area contributed by atoms with Gasteiger partial charge in [0.15, 0.2) is 0 Å². The van der Waals surface area contributed by atoms with Gasteiger partial charge in [0, 0.05) is 58.1 Å². The van der Waals surface area contributed by atoms with E-state index in [1.165, 1.54) is 21.7 Å². The van der Waals surface area contributed by atoms with E-state index in [1.54, 1.807) is 0 Å². The highest BCUT2D eigenvalue weighted by Crippen LogP contribution is 2.51. The average Bonchev–Trinajstić information content (AvgIpc) is 3.42. The lowest BCUT2D eigenvalue weighted by atomic mass is 10.0. The molecule has 1 aromatic heterocycles. The highest BCUT2D eigenvalue weighted by Gasteiger charge is 2.55. The largest absolute Gasteiger partial charge is 0.471 e. The molecule has 3 unspecified atom stereocenters. The molecule has 2 saturated heterocycles. The Kier molecular flexibility index (Phi) is 9.34. The first-order valence-corrected chi connectivity index (χ1v) is 15.4. The second-order valence-electron chi connectivity index (χ2n) is 13.2. The maximum absolute atomic E-state index is 12.8. The van der Waals surface area contributed by atoms with Gasteiger partial charge in [0.25, 0.3) is 0 Å². The number of aromatic nitrogens is 2. The van der Waals surface area contributed by atoms with Crippen molar-refractivity contribution >= 4 is 23.8 Å². The van der Waals surface area contributed by atoms with Gasteiger partial charge in [-0.1, -0.05) is 12.1 Å². The van der Waals surface area contributed by atoms with Crippen molar-refractivity contribution in [1.82, 2.24) is 29.6 Å². The first kappa shape index (κ1) is 33.2. The highest BCUT2D eigenvalue weighted by atomic mass is 19.4. The summed E-state index contributed by atoms with van der Waals surface area (Å²) in [5.74, 6) is -0.241. The predicted molar refractivity (Wildman–Crippen MR) is 163 cm³/mol. The molecule has 0 spiro atoms. The van der Waals surface area contributed by atoms with Crippen LogP contribution in [0.15, 0.2) is 41.3 Å². The summed E-state index contributed by atoms with van der Waals surface area (Å²) in [4.78, 5) is 57.0. The minimum absolute atomic E-state index is 0.0111. The van der Waals surface area contributed by atoms with Crippen LogP contribution in [0, 0.1) is 17.8 Å². The number of piperidine rings is 1. The van der Waals surface area contributed by atoms with Gasteiger partial charge in [0.05, 0.1) is 5.69 Å². The number of piperazine rings is 1. The van der Waals surface area contributed by atoms with E-state index in [9.17, 15) is 32.3 Å². The van der Waals surface area contributed by atoms with Crippen LogP contribution in [0.1, 0.15) is 33.3 Å². The van der Waals surface area contributed by atoms with Gasteiger partial charge in [-0.2, -0.15) is 18.2 Å². The second-order valence-corrected chi connectivity index (χ2v) is 13.2. The number of carbonyl (C=O) groups excluding carboxylic acids is 3. The summed E-state index contributed by atoms with van der Waals surface area (Å²) < 4.78 is 44.6. The smallest absolute Gasteiger partial charge is 0.444 e. The quantitative estimate of drug-likeness (QED) is 0.473. The first-order valence-electron chi connectivity index (χ1n) is 15.4. The van der Waals surface area contributed by atoms with Crippen LogP contribution in [0.4, 0.5) is 28.6 Å². The molecule has 1 aliphatic carbocycles. The third-order valence-electron chi connectivity index (χ3n) is 8.78. The molecule has 2 N–H and O–H groups in total. The molecule has 15 heteroatoms. The van der Waals surface area contributed by atoms with E-state index in [1.807, 2.05) is 45.0 Å². The summed E-state index contributed by atoms with van der Waals surface area (Å²) >= 11 is 0. The van der Waals surface area contributed by atoms with Gasteiger partial charge in [-0.15, -0.1) is 0 Å². The number of hydrogen-bond acceptors (Lipinski definition) is 7. The molecular weight excluding hydrogens is 607 g/mol. The number of fused-ring (bicyclic) bond motifs is 1. The maximum atomic E-state index is 12.8. The van der Waals surface area contributed by atoms with Crippen molar-refractivity contribution in [2.45, 2.75) is 51.9 Å². The molecule has 250 valence electrons. The number of nitrogens with one attached hydrogen (secondary N) is 2. The summed E-state index contributed by atoms with van der Waals surface area (Å²) in [6, 6.07) is 8.80. The minimum Gasteiger partial charge on any atom is -0.444 e. The number of halogens is 3. The molecule has 46 heavy (non-hydrogen) atoms. The molecule has 3 fully saturated rings. The number of carbonyl (C=O) groups is 3. The van der Waals surface area contributed by atoms with Crippen LogP contribution in [0.2, 0.25) is 0 Å². The molecule has 4 amide bonds. The molecule has 1 aromatic carbocycles. The van der Waals surface area contributed by atoms with Gasteiger partial charge in [0.2, 0.25) is 0 Å².